The van der Waals surface area contributed by atoms with Crippen LogP contribution in [0.15, 0.2) is 42.6 Å². The van der Waals surface area contributed by atoms with Crippen LogP contribution in [-0.4, -0.2) is 30.2 Å². The molecule has 1 aromatic carbocycles. The monoisotopic (exact) mass is 407 g/mol. The predicted octanol–water partition coefficient (Wildman–Crippen LogP) is 3.77. The summed E-state index contributed by atoms with van der Waals surface area (Å²) in [6.45, 7) is -1.80. The van der Waals surface area contributed by atoms with Crippen LogP contribution in [0.25, 0.3) is 0 Å². The number of carbonyl (C=O) groups is 1. The van der Waals surface area contributed by atoms with E-state index in [2.05, 4.69) is 20.4 Å². The van der Waals surface area contributed by atoms with Crippen molar-refractivity contribution in [1.29, 1.82) is 0 Å². The van der Waals surface area contributed by atoms with E-state index in [-0.39, 0.29) is 24.7 Å². The van der Waals surface area contributed by atoms with E-state index in [0.29, 0.717) is 5.56 Å². The van der Waals surface area contributed by atoms with Crippen molar-refractivity contribution >= 4 is 11.6 Å². The second-order valence-corrected chi connectivity index (χ2v) is 5.62. The average molecular weight is 407 g/mol. The van der Waals surface area contributed by atoms with Crippen molar-refractivity contribution in [3.05, 3.63) is 53.7 Å². The Morgan fingerprint density at radius 1 is 1.07 bits per heavy atom. The SMILES string of the molecule is O=C(CNc1cccc(C(F)(F)F)c1)NCc1ccnc(OCC(F)(F)F)c1. The van der Waals surface area contributed by atoms with E-state index < -0.39 is 30.4 Å². The maximum atomic E-state index is 12.6. The van der Waals surface area contributed by atoms with Gasteiger partial charge in [0.15, 0.2) is 6.61 Å². The van der Waals surface area contributed by atoms with Crippen LogP contribution >= 0.6 is 0 Å². The van der Waals surface area contributed by atoms with E-state index in [0.717, 1.165) is 12.1 Å². The molecule has 1 aromatic heterocycles. The number of benzene rings is 1. The molecule has 0 atom stereocenters. The van der Waals surface area contributed by atoms with Gasteiger partial charge in [0.2, 0.25) is 11.8 Å². The number of rotatable bonds is 7. The highest BCUT2D eigenvalue weighted by molar-refractivity contribution is 5.80. The van der Waals surface area contributed by atoms with Crippen LogP contribution in [0, 0.1) is 0 Å². The van der Waals surface area contributed by atoms with Crippen LogP contribution in [0.5, 0.6) is 5.88 Å². The third kappa shape index (κ3) is 7.33. The van der Waals surface area contributed by atoms with E-state index in [1.807, 2.05) is 0 Å². The number of amides is 1. The number of hydrogen-bond acceptors (Lipinski definition) is 4. The lowest BCUT2D eigenvalue weighted by atomic mass is 10.2. The summed E-state index contributed by atoms with van der Waals surface area (Å²) in [6.07, 6.45) is -7.76. The Morgan fingerprint density at radius 2 is 1.82 bits per heavy atom. The largest absolute Gasteiger partial charge is 0.468 e. The van der Waals surface area contributed by atoms with E-state index in [1.54, 1.807) is 0 Å². The van der Waals surface area contributed by atoms with Gasteiger partial charge in [-0.3, -0.25) is 4.79 Å². The maximum absolute atomic E-state index is 12.6. The number of nitrogens with one attached hydrogen (secondary N) is 2. The van der Waals surface area contributed by atoms with Gasteiger partial charge in [0, 0.05) is 24.5 Å². The van der Waals surface area contributed by atoms with Gasteiger partial charge in [0.05, 0.1) is 12.1 Å². The van der Waals surface area contributed by atoms with Gasteiger partial charge in [-0.2, -0.15) is 26.3 Å². The van der Waals surface area contributed by atoms with E-state index in [1.165, 1.54) is 30.5 Å². The molecular weight excluding hydrogens is 392 g/mol. The van der Waals surface area contributed by atoms with E-state index in [9.17, 15) is 31.1 Å². The molecule has 11 heteroatoms. The minimum atomic E-state index is -4.50. The number of alkyl halides is 6. The first-order valence-corrected chi connectivity index (χ1v) is 7.85. The summed E-state index contributed by atoms with van der Waals surface area (Å²) in [6, 6.07) is 7.10. The fraction of sp³-hybridized carbons (Fsp3) is 0.294. The first-order chi connectivity index (χ1) is 13.0. The second kappa shape index (κ2) is 8.81. The van der Waals surface area contributed by atoms with Gasteiger partial charge in [0.1, 0.15) is 0 Å². The lowest BCUT2D eigenvalue weighted by Gasteiger charge is -2.11. The van der Waals surface area contributed by atoms with Crippen LogP contribution in [0.4, 0.5) is 32.0 Å². The zero-order chi connectivity index (χ0) is 20.8. The first-order valence-electron chi connectivity index (χ1n) is 7.85. The smallest absolute Gasteiger partial charge is 0.422 e. The van der Waals surface area contributed by atoms with Gasteiger partial charge in [-0.1, -0.05) is 6.07 Å². The van der Waals surface area contributed by atoms with Crippen molar-refractivity contribution < 1.29 is 35.9 Å². The molecule has 5 nitrogen and oxygen atoms in total. The molecule has 0 unspecified atom stereocenters. The minimum absolute atomic E-state index is 0.0198. The van der Waals surface area contributed by atoms with Crippen molar-refractivity contribution in [2.75, 3.05) is 18.5 Å². The summed E-state index contributed by atoms with van der Waals surface area (Å²) >= 11 is 0. The molecular formula is C17H15F6N3O2. The minimum Gasteiger partial charge on any atom is -0.468 e. The highest BCUT2D eigenvalue weighted by Crippen LogP contribution is 2.30. The van der Waals surface area contributed by atoms with Crippen LogP contribution < -0.4 is 15.4 Å². The van der Waals surface area contributed by atoms with Crippen LogP contribution in [0.2, 0.25) is 0 Å². The molecule has 0 spiro atoms. The Kier molecular flexibility index (Phi) is 6.71. The van der Waals surface area contributed by atoms with Gasteiger partial charge in [-0.25, -0.2) is 4.98 Å². The lowest BCUT2D eigenvalue weighted by molar-refractivity contribution is -0.154. The molecule has 0 aliphatic heterocycles. The Hall–Kier alpha value is -2.98. The average Bonchev–Trinajstić information content (AvgIpc) is 2.62. The van der Waals surface area contributed by atoms with Gasteiger partial charge in [0.25, 0.3) is 0 Å². The summed E-state index contributed by atoms with van der Waals surface area (Å²) in [7, 11) is 0. The van der Waals surface area contributed by atoms with Crippen LogP contribution in [0.3, 0.4) is 0 Å². The normalized spacial score (nSPS) is 11.8. The molecule has 1 heterocycles. The Balaban J connectivity index is 1.83. The van der Waals surface area contributed by atoms with Gasteiger partial charge >= 0.3 is 12.4 Å². The fourth-order valence-electron chi connectivity index (χ4n) is 2.05. The number of carbonyl (C=O) groups excluding carboxylic acids is 1. The molecule has 0 aliphatic rings. The zero-order valence-electron chi connectivity index (χ0n) is 14.2. The Morgan fingerprint density at radius 3 is 2.50 bits per heavy atom. The van der Waals surface area contributed by atoms with E-state index >= 15 is 0 Å². The highest BCUT2D eigenvalue weighted by Gasteiger charge is 2.30. The molecule has 2 aromatic rings. The number of nitrogens with zero attached hydrogens (tertiary/aromatic N) is 1. The summed E-state index contributed by atoms with van der Waals surface area (Å²) in [5.74, 6) is -0.766. The Labute approximate surface area is 155 Å². The highest BCUT2D eigenvalue weighted by atomic mass is 19.4. The predicted molar refractivity (Wildman–Crippen MR) is 87.6 cm³/mol. The summed E-state index contributed by atoms with van der Waals surface area (Å²) in [4.78, 5) is 15.5. The maximum Gasteiger partial charge on any atom is 0.422 e. The zero-order valence-corrected chi connectivity index (χ0v) is 14.2. The van der Waals surface area contributed by atoms with Gasteiger partial charge < -0.3 is 15.4 Å². The molecule has 1 amide bonds. The number of aromatic nitrogens is 1. The topological polar surface area (TPSA) is 63.2 Å². The van der Waals surface area contributed by atoms with Crippen LogP contribution in [-0.2, 0) is 17.5 Å². The molecule has 0 fully saturated rings. The van der Waals surface area contributed by atoms with Gasteiger partial charge in [-0.05, 0) is 29.8 Å². The molecule has 0 bridgehead atoms. The summed E-state index contributed by atoms with van der Waals surface area (Å²) in [5, 5.41) is 5.05. The standard InChI is InChI=1S/C17H15F6N3O2/c18-16(19,20)10-28-15-6-11(4-5-24-15)8-26-14(27)9-25-13-3-1-2-12(7-13)17(21,22)23/h1-7,25H,8-10H2,(H,26,27). The summed E-state index contributed by atoms with van der Waals surface area (Å²) in [5.41, 5.74) is -0.280. The molecule has 2 rings (SSSR count). The Bertz CT molecular complexity index is 808. The number of pyridine rings is 1. The van der Waals surface area contributed by atoms with Crippen molar-refractivity contribution in [2.45, 2.75) is 18.9 Å². The number of anilines is 1. The molecule has 0 radical (unpaired) electrons. The second-order valence-electron chi connectivity index (χ2n) is 5.62. The first kappa shape index (κ1) is 21.3. The molecule has 2 N–H and O–H groups in total. The summed E-state index contributed by atoms with van der Waals surface area (Å²) < 4.78 is 78.8. The van der Waals surface area contributed by atoms with Crippen molar-refractivity contribution in [3.63, 3.8) is 0 Å². The van der Waals surface area contributed by atoms with Crippen molar-refractivity contribution in [3.8, 4) is 5.88 Å². The lowest BCUT2D eigenvalue weighted by Crippen LogP contribution is -2.29. The molecule has 0 saturated heterocycles. The van der Waals surface area contributed by atoms with E-state index in [4.69, 9.17) is 0 Å². The third-order valence-corrected chi connectivity index (χ3v) is 3.32. The van der Waals surface area contributed by atoms with Crippen molar-refractivity contribution in [1.82, 2.24) is 10.3 Å². The quantitative estimate of drug-likeness (QED) is 0.686. The third-order valence-electron chi connectivity index (χ3n) is 3.32. The number of halogens is 6. The van der Waals surface area contributed by atoms with Crippen LogP contribution in [0.1, 0.15) is 11.1 Å². The fourth-order valence-corrected chi connectivity index (χ4v) is 2.05. The molecule has 0 saturated carbocycles. The molecule has 28 heavy (non-hydrogen) atoms. The van der Waals surface area contributed by atoms with Crippen molar-refractivity contribution in [2.24, 2.45) is 0 Å². The molecule has 0 aliphatic carbocycles. The molecule has 152 valence electrons. The number of ether oxygens (including phenoxy) is 1. The van der Waals surface area contributed by atoms with Gasteiger partial charge in [-0.15, -0.1) is 0 Å². The number of hydrogen-bond donors (Lipinski definition) is 2.